The first kappa shape index (κ1) is 20.6. The molecule has 4 heterocycles. The first-order valence-corrected chi connectivity index (χ1v) is 12.2. The molecule has 2 aromatic heterocycles. The molecule has 3 atom stereocenters. The number of aromatic nitrogens is 4. The van der Waals surface area contributed by atoms with Gasteiger partial charge >= 0.3 is 6.01 Å². The van der Waals surface area contributed by atoms with Crippen LogP contribution in [-0.2, 0) is 0 Å². The lowest BCUT2D eigenvalue weighted by molar-refractivity contribution is 0.157. The summed E-state index contributed by atoms with van der Waals surface area (Å²) in [5, 5.41) is 6.83. The second kappa shape index (κ2) is 8.12. The zero-order valence-electron chi connectivity index (χ0n) is 17.9. The minimum absolute atomic E-state index is 0.00445. The molecule has 11 heteroatoms. The molecule has 2 aliphatic heterocycles. The van der Waals surface area contributed by atoms with Gasteiger partial charge in [-0.15, -0.1) is 11.8 Å². The average molecular weight is 473 g/mol. The second-order valence-electron chi connectivity index (χ2n) is 8.62. The lowest BCUT2D eigenvalue weighted by Gasteiger charge is -2.23. The number of hydrogen-bond acceptors (Lipinski definition) is 9. The van der Waals surface area contributed by atoms with Crippen molar-refractivity contribution in [2.75, 3.05) is 16.5 Å². The van der Waals surface area contributed by atoms with E-state index in [2.05, 4.69) is 30.3 Å². The second-order valence-corrected chi connectivity index (χ2v) is 9.50. The van der Waals surface area contributed by atoms with Crippen LogP contribution in [0.25, 0.3) is 0 Å². The van der Waals surface area contributed by atoms with Crippen molar-refractivity contribution < 1.29 is 18.0 Å². The monoisotopic (exact) mass is 472 g/mol. The fraction of sp³-hybridized carbons (Fsp3) is 0.455. The number of anilines is 3. The molecule has 3 aromatic rings. The predicted molar refractivity (Wildman–Crippen MR) is 118 cm³/mol. The van der Waals surface area contributed by atoms with Crippen molar-refractivity contribution in [1.29, 1.82) is 0 Å². The average Bonchev–Trinajstić information content (AvgIpc) is 3.27. The number of ether oxygens (including phenoxy) is 1. The van der Waals surface area contributed by atoms with Gasteiger partial charge in [-0.2, -0.15) is 14.4 Å². The molecule has 1 saturated carbocycles. The van der Waals surface area contributed by atoms with Gasteiger partial charge in [-0.3, -0.25) is 0 Å². The van der Waals surface area contributed by atoms with Gasteiger partial charge in [0.1, 0.15) is 18.2 Å². The number of nitrogens with zero attached hydrogens (tertiary/aromatic N) is 5. The van der Waals surface area contributed by atoms with E-state index in [4.69, 9.17) is 9.26 Å². The lowest BCUT2D eigenvalue weighted by Crippen LogP contribution is -2.35. The first-order chi connectivity index (χ1) is 16.1. The van der Waals surface area contributed by atoms with Gasteiger partial charge in [-0.05, 0) is 50.1 Å². The Hall–Kier alpha value is -2.95. The molecule has 1 aliphatic carbocycles. The number of hydrogen-bond donors (Lipinski definition) is 1. The van der Waals surface area contributed by atoms with Crippen LogP contribution in [0.4, 0.5) is 26.3 Å². The van der Waals surface area contributed by atoms with Crippen LogP contribution < -0.4 is 15.0 Å². The third-order valence-corrected chi connectivity index (χ3v) is 7.25. The number of nitrogens with one attached hydrogen (secondary N) is 1. The van der Waals surface area contributed by atoms with Crippen molar-refractivity contribution in [3.63, 3.8) is 0 Å². The summed E-state index contributed by atoms with van der Waals surface area (Å²) in [6, 6.07) is 5.42. The van der Waals surface area contributed by atoms with Gasteiger partial charge in [0.2, 0.25) is 5.82 Å². The molecule has 0 amide bonds. The Balaban J connectivity index is 1.19. The van der Waals surface area contributed by atoms with Gasteiger partial charge in [-0.25, -0.2) is 9.37 Å². The Morgan fingerprint density at radius 3 is 2.85 bits per heavy atom. The minimum atomic E-state index is -0.756. The molecular weight excluding hydrogens is 450 g/mol. The Kier molecular flexibility index (Phi) is 5.08. The number of halogens is 2. The highest BCUT2D eigenvalue weighted by molar-refractivity contribution is 7.98. The van der Waals surface area contributed by atoms with Crippen molar-refractivity contribution in [2.24, 2.45) is 0 Å². The number of fused-ring (bicyclic) bond motifs is 2. The summed E-state index contributed by atoms with van der Waals surface area (Å²) in [4.78, 5) is 15.4. The summed E-state index contributed by atoms with van der Waals surface area (Å²) in [5.74, 6) is -0.357. The lowest BCUT2D eigenvalue weighted by atomic mass is 9.98. The zero-order valence-corrected chi connectivity index (χ0v) is 18.7. The number of benzene rings is 1. The number of rotatable bonds is 7. The normalized spacial score (nSPS) is 23.8. The van der Waals surface area contributed by atoms with Crippen LogP contribution >= 0.6 is 11.8 Å². The molecule has 1 N–H and O–H groups in total. The number of thioether (sulfide) groups is 1. The first-order valence-electron chi connectivity index (χ1n) is 11.0. The third-order valence-electron chi connectivity index (χ3n) is 6.52. The highest BCUT2D eigenvalue weighted by Gasteiger charge is 2.50. The third kappa shape index (κ3) is 3.77. The maximum absolute atomic E-state index is 15.2. The smallest absolute Gasteiger partial charge is 0.324 e. The molecule has 33 heavy (non-hydrogen) atoms. The van der Waals surface area contributed by atoms with E-state index < -0.39 is 11.6 Å². The van der Waals surface area contributed by atoms with Crippen molar-refractivity contribution in [2.45, 2.75) is 61.1 Å². The maximum Gasteiger partial charge on any atom is 0.324 e. The zero-order chi connectivity index (χ0) is 22.5. The van der Waals surface area contributed by atoms with Crippen LogP contribution in [0.5, 0.6) is 5.88 Å². The molecule has 0 spiro atoms. The fourth-order valence-corrected chi connectivity index (χ4v) is 5.14. The van der Waals surface area contributed by atoms with Gasteiger partial charge in [0.25, 0.3) is 5.88 Å². The van der Waals surface area contributed by atoms with Gasteiger partial charge < -0.3 is 19.5 Å². The topological polar surface area (TPSA) is 89.2 Å². The Morgan fingerprint density at radius 2 is 2.06 bits per heavy atom. The molecule has 2 bridgehead atoms. The van der Waals surface area contributed by atoms with E-state index in [9.17, 15) is 4.39 Å². The maximum atomic E-state index is 15.2. The summed E-state index contributed by atoms with van der Waals surface area (Å²) >= 11 is 1.42. The van der Waals surface area contributed by atoms with E-state index in [1.165, 1.54) is 24.2 Å². The largest absolute Gasteiger partial charge is 0.470 e. The highest BCUT2D eigenvalue weighted by atomic mass is 32.2. The van der Waals surface area contributed by atoms with Gasteiger partial charge in [-0.1, -0.05) is 5.16 Å². The van der Waals surface area contributed by atoms with Crippen molar-refractivity contribution in [3.8, 4) is 5.88 Å². The van der Waals surface area contributed by atoms with Crippen LogP contribution in [0.3, 0.4) is 0 Å². The van der Waals surface area contributed by atoms with Crippen LogP contribution in [0.1, 0.15) is 43.8 Å². The van der Waals surface area contributed by atoms with Gasteiger partial charge in [0.15, 0.2) is 11.6 Å². The minimum Gasteiger partial charge on any atom is -0.470 e. The van der Waals surface area contributed by atoms with Crippen molar-refractivity contribution in [3.05, 3.63) is 42.0 Å². The van der Waals surface area contributed by atoms with E-state index >= 15 is 4.39 Å². The van der Waals surface area contributed by atoms with Crippen molar-refractivity contribution in [1.82, 2.24) is 20.1 Å². The standard InChI is InChI=1S/C22H22F2N6O2S/c1-33-13-5-6-15(14(23)9-13)27-20-18(24)21(26-10-25-20)31-17-8-12-4-7-16(17)30(12)22-28-19(29-32-22)11-2-3-11/h5-6,9-12,16-17H,2-4,7-8H2,1H3,(H,25,26,27)/t12?,16?,17-/m0/s1. The summed E-state index contributed by atoms with van der Waals surface area (Å²) < 4.78 is 41.0. The summed E-state index contributed by atoms with van der Waals surface area (Å²) in [6.07, 6.45) is 7.60. The Bertz CT molecular complexity index is 1190. The van der Waals surface area contributed by atoms with Crippen LogP contribution in [0.2, 0.25) is 0 Å². The molecular formula is C22H22F2N6O2S. The SMILES string of the molecule is CSc1ccc(Nc2ncnc(O[C@H]3CC4CCC3N4c3nc(C4CC4)no3)c2F)c(F)c1. The molecule has 8 nitrogen and oxygen atoms in total. The van der Waals surface area contributed by atoms with E-state index in [-0.39, 0.29) is 35.6 Å². The summed E-state index contributed by atoms with van der Waals surface area (Å²) in [5.41, 5.74) is 0.130. The van der Waals surface area contributed by atoms with E-state index in [1.54, 1.807) is 12.1 Å². The van der Waals surface area contributed by atoms with Crippen molar-refractivity contribution >= 4 is 29.3 Å². The molecule has 172 valence electrons. The molecule has 2 saturated heterocycles. The quantitative estimate of drug-likeness (QED) is 0.493. The van der Waals surface area contributed by atoms with Gasteiger partial charge in [0.05, 0.1) is 11.7 Å². The van der Waals surface area contributed by atoms with Crippen LogP contribution in [0, 0.1) is 11.6 Å². The molecule has 2 unspecified atom stereocenters. The fourth-order valence-electron chi connectivity index (χ4n) is 4.72. The molecule has 6 rings (SSSR count). The Labute approximate surface area is 193 Å². The highest BCUT2D eigenvalue weighted by Crippen LogP contribution is 2.44. The van der Waals surface area contributed by atoms with E-state index in [0.29, 0.717) is 18.4 Å². The van der Waals surface area contributed by atoms with Crippen LogP contribution in [0.15, 0.2) is 33.9 Å². The summed E-state index contributed by atoms with van der Waals surface area (Å²) in [7, 11) is 0. The van der Waals surface area contributed by atoms with Gasteiger partial charge in [0, 0.05) is 23.3 Å². The molecule has 3 fully saturated rings. The van der Waals surface area contributed by atoms with E-state index in [0.717, 1.165) is 36.4 Å². The summed E-state index contributed by atoms with van der Waals surface area (Å²) in [6.45, 7) is 0. The molecule has 3 aliphatic rings. The Morgan fingerprint density at radius 1 is 1.18 bits per heavy atom. The van der Waals surface area contributed by atoms with E-state index in [1.807, 2.05) is 6.26 Å². The molecule has 1 aromatic carbocycles. The van der Waals surface area contributed by atoms with Crippen LogP contribution in [-0.4, -0.2) is 44.6 Å². The molecule has 0 radical (unpaired) electrons. The predicted octanol–water partition coefficient (Wildman–Crippen LogP) is 4.67.